The van der Waals surface area contributed by atoms with Crippen LogP contribution in [0.15, 0.2) is 46.9 Å². The largest absolute Gasteiger partial charge is 0.368 e. The van der Waals surface area contributed by atoms with Crippen LogP contribution in [-0.4, -0.2) is 7.05 Å². The highest BCUT2D eigenvalue weighted by Crippen LogP contribution is 2.30. The summed E-state index contributed by atoms with van der Waals surface area (Å²) in [4.78, 5) is 2.22. The lowest BCUT2D eigenvalue weighted by Crippen LogP contribution is -2.23. The Morgan fingerprint density at radius 3 is 2.65 bits per heavy atom. The smallest absolute Gasteiger partial charge is 0.0511 e. The molecule has 2 rings (SSSR count). The van der Waals surface area contributed by atoms with E-state index in [1.54, 1.807) is 0 Å². The summed E-state index contributed by atoms with van der Waals surface area (Å²) in [5, 5.41) is 0.762. The lowest BCUT2D eigenvalue weighted by Gasteiger charge is -2.29. The summed E-state index contributed by atoms with van der Waals surface area (Å²) in [5.41, 5.74) is 9.30. The van der Waals surface area contributed by atoms with E-state index >= 15 is 0 Å². The Morgan fingerprint density at radius 1 is 1.25 bits per heavy atom. The number of rotatable bonds is 4. The van der Waals surface area contributed by atoms with Gasteiger partial charge < -0.3 is 10.6 Å². The van der Waals surface area contributed by atoms with Gasteiger partial charge in [-0.1, -0.05) is 39.7 Å². The maximum absolute atomic E-state index is 6.07. The van der Waals surface area contributed by atoms with Crippen molar-refractivity contribution in [1.82, 2.24) is 0 Å². The van der Waals surface area contributed by atoms with Crippen molar-refractivity contribution in [2.75, 3.05) is 11.9 Å². The van der Waals surface area contributed by atoms with E-state index in [1.165, 1.54) is 5.56 Å². The van der Waals surface area contributed by atoms with E-state index in [1.807, 2.05) is 24.3 Å². The first-order chi connectivity index (χ1) is 9.52. The first-order valence-corrected chi connectivity index (χ1v) is 7.67. The Balaban J connectivity index is 2.33. The van der Waals surface area contributed by atoms with Gasteiger partial charge in [-0.3, -0.25) is 0 Å². The predicted molar refractivity (Wildman–Crippen MR) is 90.3 cm³/mol. The number of nitrogens with two attached hydrogens (primary N) is 1. The van der Waals surface area contributed by atoms with E-state index in [0.717, 1.165) is 20.7 Å². The molecule has 2 nitrogen and oxygen atoms in total. The van der Waals surface area contributed by atoms with Gasteiger partial charge in [0.25, 0.3) is 0 Å². The SMILES string of the molecule is CC(c1cccc(Cl)c1)N(C)c1ccc(Br)cc1CN. The number of anilines is 1. The van der Waals surface area contributed by atoms with E-state index in [-0.39, 0.29) is 6.04 Å². The molecular weight excluding hydrogens is 336 g/mol. The second kappa shape index (κ2) is 6.61. The van der Waals surface area contributed by atoms with E-state index in [0.29, 0.717) is 6.54 Å². The molecule has 0 aliphatic heterocycles. The van der Waals surface area contributed by atoms with Crippen molar-refractivity contribution in [3.8, 4) is 0 Å². The van der Waals surface area contributed by atoms with Gasteiger partial charge >= 0.3 is 0 Å². The molecule has 2 aromatic carbocycles. The monoisotopic (exact) mass is 352 g/mol. The Bertz CT molecular complexity index is 601. The molecule has 0 heterocycles. The van der Waals surface area contributed by atoms with Crippen LogP contribution in [-0.2, 0) is 6.54 Å². The molecule has 0 spiro atoms. The number of nitrogens with zero attached hydrogens (tertiary/aromatic N) is 1. The van der Waals surface area contributed by atoms with Crippen LogP contribution in [0.4, 0.5) is 5.69 Å². The fourth-order valence-electron chi connectivity index (χ4n) is 2.26. The first-order valence-electron chi connectivity index (χ1n) is 6.49. The molecule has 2 N–H and O–H groups in total. The van der Waals surface area contributed by atoms with Gasteiger partial charge in [0.2, 0.25) is 0 Å². The normalized spacial score (nSPS) is 12.2. The molecule has 0 aliphatic rings. The van der Waals surface area contributed by atoms with Crippen molar-refractivity contribution < 1.29 is 0 Å². The fourth-order valence-corrected chi connectivity index (χ4v) is 2.87. The van der Waals surface area contributed by atoms with Crippen LogP contribution in [0.2, 0.25) is 5.02 Å². The Hall–Kier alpha value is -1.03. The minimum Gasteiger partial charge on any atom is -0.368 e. The van der Waals surface area contributed by atoms with Crippen LogP contribution in [0.1, 0.15) is 24.1 Å². The average molecular weight is 354 g/mol. The van der Waals surface area contributed by atoms with Crippen LogP contribution >= 0.6 is 27.5 Å². The predicted octanol–water partition coefficient (Wildman–Crippen LogP) is 4.76. The van der Waals surface area contributed by atoms with Crippen molar-refractivity contribution >= 4 is 33.2 Å². The standard InChI is InChI=1S/C16H18BrClN2/c1-11(12-4-3-5-15(18)9-12)20(2)16-7-6-14(17)8-13(16)10-19/h3-9,11H,10,19H2,1-2H3. The number of benzene rings is 2. The maximum Gasteiger partial charge on any atom is 0.0511 e. The van der Waals surface area contributed by atoms with Crippen LogP contribution in [0, 0.1) is 0 Å². The van der Waals surface area contributed by atoms with Crippen LogP contribution in [0.5, 0.6) is 0 Å². The molecule has 2 aromatic rings. The van der Waals surface area contributed by atoms with E-state index in [2.05, 4.69) is 53.0 Å². The minimum absolute atomic E-state index is 0.222. The van der Waals surface area contributed by atoms with Crippen LogP contribution in [0.3, 0.4) is 0 Å². The molecule has 0 saturated carbocycles. The molecule has 0 radical (unpaired) electrons. The van der Waals surface area contributed by atoms with Crippen LogP contribution in [0.25, 0.3) is 0 Å². The van der Waals surface area contributed by atoms with Gasteiger partial charge in [0.15, 0.2) is 0 Å². The number of hydrogen-bond acceptors (Lipinski definition) is 2. The summed E-state index contributed by atoms with van der Waals surface area (Å²) in [6.07, 6.45) is 0. The maximum atomic E-state index is 6.07. The molecule has 0 amide bonds. The summed E-state index contributed by atoms with van der Waals surface area (Å²) in [5.74, 6) is 0. The summed E-state index contributed by atoms with van der Waals surface area (Å²) in [6.45, 7) is 2.68. The molecule has 0 fully saturated rings. The molecule has 20 heavy (non-hydrogen) atoms. The van der Waals surface area contributed by atoms with Crippen molar-refractivity contribution in [2.24, 2.45) is 5.73 Å². The van der Waals surface area contributed by atoms with E-state index < -0.39 is 0 Å². The molecule has 0 aromatic heterocycles. The molecule has 4 heteroatoms. The van der Waals surface area contributed by atoms with E-state index in [4.69, 9.17) is 17.3 Å². The van der Waals surface area contributed by atoms with Crippen molar-refractivity contribution in [1.29, 1.82) is 0 Å². The molecule has 0 aliphatic carbocycles. The third kappa shape index (κ3) is 3.35. The fraction of sp³-hybridized carbons (Fsp3) is 0.250. The van der Waals surface area contributed by atoms with Gasteiger partial charge in [-0.2, -0.15) is 0 Å². The molecular formula is C16H18BrClN2. The zero-order valence-electron chi connectivity index (χ0n) is 11.6. The van der Waals surface area contributed by atoms with Crippen molar-refractivity contribution in [3.05, 3.63) is 63.1 Å². The highest BCUT2D eigenvalue weighted by molar-refractivity contribution is 9.10. The third-order valence-electron chi connectivity index (χ3n) is 3.55. The lowest BCUT2D eigenvalue weighted by atomic mass is 10.1. The zero-order chi connectivity index (χ0) is 14.7. The molecule has 0 saturated heterocycles. The highest BCUT2D eigenvalue weighted by Gasteiger charge is 2.15. The number of hydrogen-bond donors (Lipinski definition) is 1. The van der Waals surface area contributed by atoms with Crippen molar-refractivity contribution in [3.63, 3.8) is 0 Å². The van der Waals surface area contributed by atoms with Gasteiger partial charge in [-0.25, -0.2) is 0 Å². The summed E-state index contributed by atoms with van der Waals surface area (Å²) < 4.78 is 1.05. The van der Waals surface area contributed by atoms with Gasteiger partial charge in [-0.05, 0) is 48.4 Å². The van der Waals surface area contributed by atoms with Gasteiger partial charge in [-0.15, -0.1) is 0 Å². The topological polar surface area (TPSA) is 29.3 Å². The Labute approximate surface area is 133 Å². The molecule has 0 bridgehead atoms. The summed E-state index contributed by atoms with van der Waals surface area (Å²) in [7, 11) is 2.08. The average Bonchev–Trinajstić information content (AvgIpc) is 2.45. The Kier molecular flexibility index (Phi) is 5.08. The lowest BCUT2D eigenvalue weighted by molar-refractivity contribution is 0.735. The highest BCUT2D eigenvalue weighted by atomic mass is 79.9. The van der Waals surface area contributed by atoms with Gasteiger partial charge in [0.05, 0.1) is 6.04 Å². The summed E-state index contributed by atoms with van der Waals surface area (Å²) in [6, 6.07) is 14.4. The molecule has 1 unspecified atom stereocenters. The minimum atomic E-state index is 0.222. The van der Waals surface area contributed by atoms with Crippen LogP contribution < -0.4 is 10.6 Å². The second-order valence-corrected chi connectivity index (χ2v) is 6.17. The van der Waals surface area contributed by atoms with Gasteiger partial charge in [0, 0.05) is 28.8 Å². The first kappa shape index (κ1) is 15.4. The second-order valence-electron chi connectivity index (χ2n) is 4.82. The molecule has 106 valence electrons. The molecule has 1 atom stereocenters. The quantitative estimate of drug-likeness (QED) is 0.858. The van der Waals surface area contributed by atoms with E-state index in [9.17, 15) is 0 Å². The number of halogens is 2. The van der Waals surface area contributed by atoms with Crippen molar-refractivity contribution in [2.45, 2.75) is 19.5 Å². The summed E-state index contributed by atoms with van der Waals surface area (Å²) >= 11 is 9.56. The third-order valence-corrected chi connectivity index (χ3v) is 4.28. The Morgan fingerprint density at radius 2 is 2.00 bits per heavy atom. The zero-order valence-corrected chi connectivity index (χ0v) is 13.9. The van der Waals surface area contributed by atoms with Gasteiger partial charge in [0.1, 0.15) is 0 Å².